The molecule has 1 fully saturated rings. The maximum Gasteiger partial charge on any atom is 0.0782 e. The lowest BCUT2D eigenvalue weighted by Crippen LogP contribution is -2.21. The van der Waals surface area contributed by atoms with Crippen molar-refractivity contribution in [2.24, 2.45) is 0 Å². The summed E-state index contributed by atoms with van der Waals surface area (Å²) >= 11 is 0. The van der Waals surface area contributed by atoms with E-state index in [1.165, 1.54) is 31.3 Å². The van der Waals surface area contributed by atoms with Crippen LogP contribution in [0.4, 0.5) is 0 Å². The van der Waals surface area contributed by atoms with Crippen LogP contribution >= 0.6 is 0 Å². The molecule has 14 heavy (non-hydrogen) atoms. The lowest BCUT2D eigenvalue weighted by atomic mass is 9.93. The third-order valence-corrected chi connectivity index (χ3v) is 2.74. The summed E-state index contributed by atoms with van der Waals surface area (Å²) in [6.07, 6.45) is 6.43. The molecule has 0 saturated heterocycles. The molecule has 0 radical (unpaired) electrons. The Morgan fingerprint density at radius 2 is 2.21 bits per heavy atom. The van der Waals surface area contributed by atoms with Crippen molar-refractivity contribution >= 4 is 0 Å². The van der Waals surface area contributed by atoms with Crippen LogP contribution in [0.1, 0.15) is 32.1 Å². The van der Waals surface area contributed by atoms with Crippen molar-refractivity contribution in [2.75, 3.05) is 27.2 Å². The van der Waals surface area contributed by atoms with Crippen LogP contribution in [0.15, 0.2) is 12.2 Å². The molecule has 1 aliphatic rings. The van der Waals surface area contributed by atoms with Crippen LogP contribution in [-0.2, 0) is 4.74 Å². The molecule has 0 aromatic carbocycles. The standard InChI is InChI=1S/C12H23NO/c1-11-7-4-5-8-12(11)14-10-6-9-13(2)3/h12H,1,4-10H2,2-3H3. The summed E-state index contributed by atoms with van der Waals surface area (Å²) < 4.78 is 5.82. The number of nitrogens with zero attached hydrogens (tertiary/aromatic N) is 1. The smallest absolute Gasteiger partial charge is 0.0782 e. The molecule has 0 amide bonds. The highest BCUT2D eigenvalue weighted by atomic mass is 16.5. The summed E-state index contributed by atoms with van der Waals surface area (Å²) in [5, 5.41) is 0. The Labute approximate surface area is 87.9 Å². The molecule has 0 aliphatic heterocycles. The van der Waals surface area contributed by atoms with Gasteiger partial charge in [0.2, 0.25) is 0 Å². The van der Waals surface area contributed by atoms with Gasteiger partial charge in [0.1, 0.15) is 0 Å². The maximum atomic E-state index is 5.82. The first-order valence-corrected chi connectivity index (χ1v) is 5.64. The summed E-state index contributed by atoms with van der Waals surface area (Å²) in [6, 6.07) is 0. The molecule has 0 heterocycles. The van der Waals surface area contributed by atoms with Gasteiger partial charge in [-0.25, -0.2) is 0 Å². The molecule has 0 spiro atoms. The van der Waals surface area contributed by atoms with Crippen molar-refractivity contribution in [3.8, 4) is 0 Å². The summed E-state index contributed by atoms with van der Waals surface area (Å²) in [4.78, 5) is 2.19. The molecule has 1 unspecified atom stereocenters. The fraction of sp³-hybridized carbons (Fsp3) is 0.833. The van der Waals surface area contributed by atoms with Crippen molar-refractivity contribution < 1.29 is 4.74 Å². The van der Waals surface area contributed by atoms with Crippen LogP contribution < -0.4 is 0 Å². The van der Waals surface area contributed by atoms with Crippen LogP contribution in [0.5, 0.6) is 0 Å². The number of hydrogen-bond acceptors (Lipinski definition) is 2. The van der Waals surface area contributed by atoms with Crippen LogP contribution in [0.25, 0.3) is 0 Å². The fourth-order valence-electron chi connectivity index (χ4n) is 1.85. The highest BCUT2D eigenvalue weighted by Crippen LogP contribution is 2.24. The maximum absolute atomic E-state index is 5.82. The molecule has 82 valence electrons. The third-order valence-electron chi connectivity index (χ3n) is 2.74. The minimum atomic E-state index is 0.353. The van der Waals surface area contributed by atoms with Gasteiger partial charge in [-0.2, -0.15) is 0 Å². The Bertz CT molecular complexity index is 177. The average molecular weight is 197 g/mol. The molecule has 0 N–H and O–H groups in total. The molecule has 0 aromatic heterocycles. The third kappa shape index (κ3) is 4.25. The van der Waals surface area contributed by atoms with E-state index in [1.54, 1.807) is 0 Å². The summed E-state index contributed by atoms with van der Waals surface area (Å²) in [7, 11) is 4.19. The fourth-order valence-corrected chi connectivity index (χ4v) is 1.85. The SMILES string of the molecule is C=C1CCCCC1OCCCN(C)C. The van der Waals surface area contributed by atoms with E-state index in [1.807, 2.05) is 0 Å². The predicted molar refractivity (Wildman–Crippen MR) is 60.5 cm³/mol. The van der Waals surface area contributed by atoms with E-state index in [2.05, 4.69) is 25.6 Å². The lowest BCUT2D eigenvalue weighted by Gasteiger charge is -2.24. The van der Waals surface area contributed by atoms with Gasteiger partial charge in [-0.1, -0.05) is 13.0 Å². The van der Waals surface area contributed by atoms with Gasteiger partial charge >= 0.3 is 0 Å². The van der Waals surface area contributed by atoms with E-state index >= 15 is 0 Å². The van der Waals surface area contributed by atoms with Crippen molar-refractivity contribution in [2.45, 2.75) is 38.2 Å². The normalized spacial score (nSPS) is 23.1. The van der Waals surface area contributed by atoms with E-state index in [0.29, 0.717) is 6.10 Å². The van der Waals surface area contributed by atoms with Gasteiger partial charge in [0.05, 0.1) is 6.10 Å². The molecule has 2 heteroatoms. The van der Waals surface area contributed by atoms with E-state index in [4.69, 9.17) is 4.74 Å². The predicted octanol–water partition coefficient (Wildman–Crippen LogP) is 2.45. The number of hydrogen-bond donors (Lipinski definition) is 0. The van der Waals surface area contributed by atoms with E-state index in [9.17, 15) is 0 Å². The Kier molecular flexibility index (Phi) is 5.20. The Morgan fingerprint density at radius 1 is 1.43 bits per heavy atom. The Balaban J connectivity index is 2.07. The molecule has 1 aliphatic carbocycles. The van der Waals surface area contributed by atoms with Gasteiger partial charge in [0, 0.05) is 6.61 Å². The van der Waals surface area contributed by atoms with E-state index in [0.717, 1.165) is 19.6 Å². The molecule has 1 rings (SSSR count). The molecular formula is C12H23NO. The van der Waals surface area contributed by atoms with Gasteiger partial charge in [0.25, 0.3) is 0 Å². The first-order chi connectivity index (χ1) is 6.70. The highest BCUT2D eigenvalue weighted by Gasteiger charge is 2.16. The quantitative estimate of drug-likeness (QED) is 0.496. The molecular weight excluding hydrogens is 174 g/mol. The summed E-state index contributed by atoms with van der Waals surface area (Å²) in [6.45, 7) is 6.06. The van der Waals surface area contributed by atoms with Crippen molar-refractivity contribution in [1.29, 1.82) is 0 Å². The van der Waals surface area contributed by atoms with Gasteiger partial charge in [-0.05, 0) is 51.9 Å². The lowest BCUT2D eigenvalue weighted by molar-refractivity contribution is 0.0563. The summed E-state index contributed by atoms with van der Waals surface area (Å²) in [5.74, 6) is 0. The zero-order valence-corrected chi connectivity index (χ0v) is 9.59. The first kappa shape index (κ1) is 11.7. The van der Waals surface area contributed by atoms with Crippen LogP contribution in [0, 0.1) is 0 Å². The topological polar surface area (TPSA) is 12.5 Å². The monoisotopic (exact) mass is 197 g/mol. The zero-order valence-electron chi connectivity index (χ0n) is 9.59. The van der Waals surface area contributed by atoms with Crippen molar-refractivity contribution in [1.82, 2.24) is 4.90 Å². The van der Waals surface area contributed by atoms with E-state index in [-0.39, 0.29) is 0 Å². The van der Waals surface area contributed by atoms with E-state index < -0.39 is 0 Å². The second-order valence-corrected chi connectivity index (χ2v) is 4.42. The van der Waals surface area contributed by atoms with Gasteiger partial charge in [-0.3, -0.25) is 0 Å². The molecule has 2 nitrogen and oxygen atoms in total. The largest absolute Gasteiger partial charge is 0.374 e. The van der Waals surface area contributed by atoms with Gasteiger partial charge in [-0.15, -0.1) is 0 Å². The van der Waals surface area contributed by atoms with Crippen molar-refractivity contribution in [3.05, 3.63) is 12.2 Å². The Hall–Kier alpha value is -0.340. The second-order valence-electron chi connectivity index (χ2n) is 4.42. The Morgan fingerprint density at radius 3 is 2.86 bits per heavy atom. The minimum absolute atomic E-state index is 0.353. The van der Waals surface area contributed by atoms with Crippen LogP contribution in [0.2, 0.25) is 0 Å². The first-order valence-electron chi connectivity index (χ1n) is 5.64. The van der Waals surface area contributed by atoms with Crippen LogP contribution in [-0.4, -0.2) is 38.3 Å². The molecule has 0 bridgehead atoms. The molecule has 0 aromatic rings. The van der Waals surface area contributed by atoms with Gasteiger partial charge < -0.3 is 9.64 Å². The van der Waals surface area contributed by atoms with Crippen LogP contribution in [0.3, 0.4) is 0 Å². The number of ether oxygens (including phenoxy) is 1. The minimum Gasteiger partial charge on any atom is -0.374 e. The number of rotatable bonds is 5. The average Bonchev–Trinajstić information content (AvgIpc) is 2.15. The van der Waals surface area contributed by atoms with Gasteiger partial charge in [0.15, 0.2) is 0 Å². The molecule has 1 saturated carbocycles. The second kappa shape index (κ2) is 6.20. The highest BCUT2D eigenvalue weighted by molar-refractivity contribution is 5.04. The zero-order chi connectivity index (χ0) is 10.4. The summed E-state index contributed by atoms with van der Waals surface area (Å²) in [5.41, 5.74) is 1.31. The van der Waals surface area contributed by atoms with Crippen molar-refractivity contribution in [3.63, 3.8) is 0 Å². The molecule has 1 atom stereocenters.